The molecule has 1 unspecified atom stereocenters. The van der Waals surface area contributed by atoms with Crippen LogP contribution in [0.15, 0.2) is 60.8 Å². The second-order valence-electron chi connectivity index (χ2n) is 10.3. The van der Waals surface area contributed by atoms with Crippen LogP contribution in [0.3, 0.4) is 0 Å². The molecule has 4 atom stereocenters. The number of amides is 2. The molecule has 38 heavy (non-hydrogen) atoms. The minimum Gasteiger partial charge on any atom is -0.481 e. The van der Waals surface area contributed by atoms with Crippen molar-refractivity contribution in [3.8, 4) is 0 Å². The van der Waals surface area contributed by atoms with Gasteiger partial charge in [-0.15, -0.1) is 0 Å². The van der Waals surface area contributed by atoms with Crippen molar-refractivity contribution < 1.29 is 24.2 Å². The maximum absolute atomic E-state index is 13.5. The van der Waals surface area contributed by atoms with E-state index in [4.69, 9.17) is 4.74 Å². The largest absolute Gasteiger partial charge is 0.481 e. The number of hydrogen-bond donors (Lipinski definition) is 3. The molecule has 3 aromatic rings. The Balaban J connectivity index is 1.50. The second kappa shape index (κ2) is 12.6. The fourth-order valence-corrected chi connectivity index (χ4v) is 5.20. The first-order valence-electron chi connectivity index (χ1n) is 13.4. The molecule has 1 saturated carbocycles. The molecular formula is C30H37N3O5. The van der Waals surface area contributed by atoms with Gasteiger partial charge in [0.2, 0.25) is 5.91 Å². The number of para-hydroxylation sites is 1. The van der Waals surface area contributed by atoms with Crippen molar-refractivity contribution in [1.82, 2.24) is 15.2 Å². The molecule has 1 aliphatic rings. The first-order valence-corrected chi connectivity index (χ1v) is 13.4. The summed E-state index contributed by atoms with van der Waals surface area (Å²) in [7, 11) is 1.58. The zero-order chi connectivity index (χ0) is 27.1. The lowest BCUT2D eigenvalue weighted by Gasteiger charge is -2.32. The Morgan fingerprint density at radius 2 is 1.76 bits per heavy atom. The minimum absolute atomic E-state index is 0.0456. The number of likely N-dealkylation sites (N-methyl/N-ethyl adjacent to an activating group) is 1. The summed E-state index contributed by atoms with van der Waals surface area (Å²) in [6.45, 7) is 2.04. The van der Waals surface area contributed by atoms with Crippen LogP contribution in [-0.4, -0.2) is 58.7 Å². The van der Waals surface area contributed by atoms with E-state index in [9.17, 15) is 19.5 Å². The van der Waals surface area contributed by atoms with Crippen LogP contribution in [0, 0.1) is 11.8 Å². The van der Waals surface area contributed by atoms with Crippen molar-refractivity contribution in [2.75, 3.05) is 13.6 Å². The highest BCUT2D eigenvalue weighted by molar-refractivity contribution is 5.88. The van der Waals surface area contributed by atoms with Crippen molar-refractivity contribution in [2.24, 2.45) is 11.8 Å². The van der Waals surface area contributed by atoms with Gasteiger partial charge in [-0.1, -0.05) is 61.9 Å². The number of ether oxygens (including phenoxy) is 1. The summed E-state index contributed by atoms with van der Waals surface area (Å²) in [5.74, 6) is -1.92. The molecule has 0 aliphatic heterocycles. The highest BCUT2D eigenvalue weighted by Crippen LogP contribution is 2.27. The second-order valence-corrected chi connectivity index (χ2v) is 10.3. The van der Waals surface area contributed by atoms with Gasteiger partial charge < -0.3 is 20.1 Å². The number of hydrogen-bond acceptors (Lipinski definition) is 4. The Bertz CT molecular complexity index is 1240. The predicted octanol–water partition coefficient (Wildman–Crippen LogP) is 4.79. The molecule has 1 heterocycles. The number of benzene rings is 2. The number of nitrogens with one attached hydrogen (secondary N) is 2. The summed E-state index contributed by atoms with van der Waals surface area (Å²) in [5.41, 5.74) is 2.72. The fourth-order valence-electron chi connectivity index (χ4n) is 5.20. The molecule has 202 valence electrons. The monoisotopic (exact) mass is 519 g/mol. The molecule has 0 bridgehead atoms. The fraction of sp³-hybridized carbons (Fsp3) is 0.433. The zero-order valence-electron chi connectivity index (χ0n) is 22.1. The third-order valence-corrected chi connectivity index (χ3v) is 7.63. The van der Waals surface area contributed by atoms with Crippen molar-refractivity contribution in [3.63, 3.8) is 0 Å². The van der Waals surface area contributed by atoms with Gasteiger partial charge in [0.25, 0.3) is 0 Å². The number of carboxylic acid groups (broad SMARTS) is 1. The van der Waals surface area contributed by atoms with E-state index in [0.29, 0.717) is 6.42 Å². The van der Waals surface area contributed by atoms with Crippen molar-refractivity contribution in [1.29, 1.82) is 0 Å². The third-order valence-electron chi connectivity index (χ3n) is 7.63. The molecule has 2 aromatic carbocycles. The lowest BCUT2D eigenvalue weighted by Crippen LogP contribution is -2.51. The van der Waals surface area contributed by atoms with Crippen LogP contribution in [0.5, 0.6) is 0 Å². The average Bonchev–Trinajstić information content (AvgIpc) is 3.33. The lowest BCUT2D eigenvalue weighted by atomic mass is 9.88. The molecule has 2 amide bonds. The van der Waals surface area contributed by atoms with E-state index in [1.807, 2.05) is 60.8 Å². The molecule has 0 radical (unpaired) electrons. The molecule has 0 spiro atoms. The van der Waals surface area contributed by atoms with E-state index in [1.165, 1.54) is 4.90 Å². The van der Waals surface area contributed by atoms with E-state index in [-0.39, 0.29) is 25.0 Å². The summed E-state index contributed by atoms with van der Waals surface area (Å²) in [6, 6.07) is 16.2. The minimum atomic E-state index is -0.985. The van der Waals surface area contributed by atoms with Gasteiger partial charge in [-0.3, -0.25) is 14.5 Å². The number of carbonyl (C=O) groups excluding carboxylic acids is 2. The smallest absolute Gasteiger partial charge is 0.410 e. The lowest BCUT2D eigenvalue weighted by molar-refractivity contribution is -0.141. The van der Waals surface area contributed by atoms with Gasteiger partial charge in [0.15, 0.2) is 0 Å². The highest BCUT2D eigenvalue weighted by atomic mass is 16.6. The summed E-state index contributed by atoms with van der Waals surface area (Å²) >= 11 is 0. The number of carbonyl (C=O) groups is 3. The van der Waals surface area contributed by atoms with E-state index in [2.05, 4.69) is 17.2 Å². The molecule has 0 saturated heterocycles. The van der Waals surface area contributed by atoms with Gasteiger partial charge in [-0.25, -0.2) is 4.79 Å². The number of fused-ring (bicyclic) bond motifs is 1. The first kappa shape index (κ1) is 27.2. The van der Waals surface area contributed by atoms with Gasteiger partial charge in [0.05, 0.1) is 5.92 Å². The van der Waals surface area contributed by atoms with Gasteiger partial charge >= 0.3 is 12.1 Å². The van der Waals surface area contributed by atoms with Gasteiger partial charge in [-0.05, 0) is 48.8 Å². The molecule has 4 rings (SSSR count). The normalized spacial score (nSPS) is 18.9. The van der Waals surface area contributed by atoms with Crippen LogP contribution >= 0.6 is 0 Å². The van der Waals surface area contributed by atoms with Crippen LogP contribution in [0.1, 0.15) is 43.7 Å². The van der Waals surface area contributed by atoms with Crippen molar-refractivity contribution in [3.05, 3.63) is 71.9 Å². The number of nitrogens with zero attached hydrogens (tertiary/aromatic N) is 1. The zero-order valence-corrected chi connectivity index (χ0v) is 22.1. The Hall–Kier alpha value is -3.81. The Kier molecular flexibility index (Phi) is 9.05. The van der Waals surface area contributed by atoms with E-state index >= 15 is 0 Å². The number of carboxylic acids is 1. The Morgan fingerprint density at radius 3 is 2.50 bits per heavy atom. The molecule has 8 nitrogen and oxygen atoms in total. The van der Waals surface area contributed by atoms with Crippen LogP contribution < -0.4 is 5.32 Å². The standard InChI is InChI=1S/C30H37N3O5/c1-20-10-6-9-15-27(20)38-30(37)33(2)26(17-22-18-31-25-14-8-7-13-24(22)25)28(34)32-19-23(29(35)36)16-21-11-4-3-5-12-21/h3-5,7-8,11-14,18,20,23,26-27,31H,6,9-10,15-17,19H2,1-2H3,(H,32,34)(H,35,36)/t20-,23?,26+,27-/m0/s1. The predicted molar refractivity (Wildman–Crippen MR) is 146 cm³/mol. The number of aromatic amines is 1. The molecule has 1 aromatic heterocycles. The average molecular weight is 520 g/mol. The van der Waals surface area contributed by atoms with Gasteiger partial charge in [0, 0.05) is 37.1 Å². The third kappa shape index (κ3) is 6.73. The van der Waals surface area contributed by atoms with E-state index in [1.54, 1.807) is 7.05 Å². The summed E-state index contributed by atoms with van der Waals surface area (Å²) in [5, 5.41) is 13.6. The van der Waals surface area contributed by atoms with Crippen LogP contribution in [0.2, 0.25) is 0 Å². The molecule has 1 aliphatic carbocycles. The molecule has 8 heteroatoms. The first-order chi connectivity index (χ1) is 18.3. The quantitative estimate of drug-likeness (QED) is 0.357. The summed E-state index contributed by atoms with van der Waals surface area (Å²) in [6.07, 6.45) is 5.68. The number of H-pyrrole nitrogens is 1. The summed E-state index contributed by atoms with van der Waals surface area (Å²) < 4.78 is 5.85. The number of rotatable bonds is 10. The molecule has 3 N–H and O–H groups in total. The van der Waals surface area contributed by atoms with Crippen LogP contribution in [-0.2, 0) is 27.2 Å². The molecule has 1 fully saturated rings. The van der Waals surface area contributed by atoms with E-state index in [0.717, 1.165) is 47.7 Å². The SMILES string of the molecule is C[C@H]1CCCC[C@@H]1OC(=O)N(C)[C@H](Cc1c[nH]c2ccccc12)C(=O)NCC(Cc1ccccc1)C(=O)O. The highest BCUT2D eigenvalue weighted by Gasteiger charge is 2.33. The van der Waals surface area contributed by atoms with Gasteiger partial charge in [0.1, 0.15) is 12.1 Å². The van der Waals surface area contributed by atoms with Crippen molar-refractivity contribution in [2.45, 2.75) is 57.6 Å². The maximum atomic E-state index is 13.5. The van der Waals surface area contributed by atoms with Crippen LogP contribution in [0.25, 0.3) is 10.9 Å². The Labute approximate surface area is 223 Å². The van der Waals surface area contributed by atoms with Gasteiger partial charge in [-0.2, -0.15) is 0 Å². The Morgan fingerprint density at radius 1 is 1.05 bits per heavy atom. The maximum Gasteiger partial charge on any atom is 0.410 e. The number of aromatic nitrogens is 1. The topological polar surface area (TPSA) is 112 Å². The van der Waals surface area contributed by atoms with E-state index < -0.39 is 29.9 Å². The molecular weight excluding hydrogens is 482 g/mol. The van der Waals surface area contributed by atoms with Crippen molar-refractivity contribution >= 4 is 28.9 Å². The van der Waals surface area contributed by atoms with Crippen LogP contribution in [0.4, 0.5) is 4.79 Å². The summed E-state index contributed by atoms with van der Waals surface area (Å²) in [4.78, 5) is 43.2. The number of aliphatic carboxylic acids is 1.